The van der Waals surface area contributed by atoms with Gasteiger partial charge in [0.15, 0.2) is 0 Å². The van der Waals surface area contributed by atoms with Gasteiger partial charge in [0, 0.05) is 31.2 Å². The smallest absolute Gasteiger partial charge is 0.251 e. The predicted molar refractivity (Wildman–Crippen MR) is 127 cm³/mol. The first-order chi connectivity index (χ1) is 15.8. The average molecular weight is 476 g/mol. The van der Waals surface area contributed by atoms with Gasteiger partial charge in [-0.05, 0) is 55.3 Å². The number of rotatable bonds is 10. The topological polar surface area (TPSA) is 97.0 Å². The number of amides is 1. The minimum Gasteiger partial charge on any atom is -0.497 e. The molecule has 1 amide bonds. The first-order valence-electron chi connectivity index (χ1n) is 11.2. The van der Waals surface area contributed by atoms with E-state index < -0.39 is 10.0 Å². The molecule has 180 valence electrons. The number of hydrogen-bond acceptors (Lipinski definition) is 6. The Hall–Kier alpha value is -2.46. The molecule has 1 aliphatic heterocycles. The fraction of sp³-hybridized carbons (Fsp3) is 0.458. The molecule has 0 saturated carbocycles. The Morgan fingerprint density at radius 2 is 1.73 bits per heavy atom. The van der Waals surface area contributed by atoms with Crippen LogP contribution in [0.1, 0.15) is 42.2 Å². The second kappa shape index (κ2) is 11.6. The van der Waals surface area contributed by atoms with Crippen molar-refractivity contribution in [1.82, 2.24) is 14.9 Å². The van der Waals surface area contributed by atoms with E-state index in [0.717, 1.165) is 24.4 Å². The van der Waals surface area contributed by atoms with Crippen LogP contribution < -0.4 is 14.8 Å². The minimum absolute atomic E-state index is 0.0110. The van der Waals surface area contributed by atoms with Gasteiger partial charge < -0.3 is 14.8 Å². The van der Waals surface area contributed by atoms with Crippen molar-refractivity contribution in [2.24, 2.45) is 0 Å². The molecule has 0 spiro atoms. The number of carbonyl (C=O) groups is 1. The summed E-state index contributed by atoms with van der Waals surface area (Å²) in [5.74, 6) is 0.530. The molecule has 2 N–H and O–H groups in total. The van der Waals surface area contributed by atoms with Gasteiger partial charge in [0.2, 0.25) is 10.0 Å². The van der Waals surface area contributed by atoms with Crippen molar-refractivity contribution in [2.75, 3.05) is 40.0 Å². The highest BCUT2D eigenvalue weighted by Crippen LogP contribution is 2.24. The number of nitrogens with zero attached hydrogens (tertiary/aromatic N) is 1. The molecule has 2 unspecified atom stereocenters. The van der Waals surface area contributed by atoms with Crippen LogP contribution in [-0.2, 0) is 14.8 Å². The number of morpholine rings is 1. The summed E-state index contributed by atoms with van der Waals surface area (Å²) in [7, 11) is -1.98. The van der Waals surface area contributed by atoms with Gasteiger partial charge in [0.05, 0.1) is 31.3 Å². The van der Waals surface area contributed by atoms with E-state index in [1.165, 1.54) is 24.3 Å². The van der Waals surface area contributed by atoms with Gasteiger partial charge >= 0.3 is 0 Å². The van der Waals surface area contributed by atoms with Crippen LogP contribution in [0.5, 0.6) is 5.75 Å². The molecule has 2 aromatic carbocycles. The lowest BCUT2D eigenvalue weighted by atomic mass is 10.0. The van der Waals surface area contributed by atoms with Crippen molar-refractivity contribution in [1.29, 1.82) is 0 Å². The van der Waals surface area contributed by atoms with Crippen molar-refractivity contribution >= 4 is 15.9 Å². The maximum absolute atomic E-state index is 12.8. The number of sulfonamides is 1. The molecule has 1 fully saturated rings. The molecule has 3 rings (SSSR count). The van der Waals surface area contributed by atoms with E-state index in [2.05, 4.69) is 14.9 Å². The third kappa shape index (κ3) is 6.77. The van der Waals surface area contributed by atoms with Crippen LogP contribution in [0.25, 0.3) is 0 Å². The van der Waals surface area contributed by atoms with E-state index in [4.69, 9.17) is 9.47 Å². The molecule has 0 aliphatic carbocycles. The second-order valence-corrected chi connectivity index (χ2v) is 9.82. The van der Waals surface area contributed by atoms with Gasteiger partial charge in [-0.3, -0.25) is 9.69 Å². The van der Waals surface area contributed by atoms with Gasteiger partial charge in [0.25, 0.3) is 5.91 Å². The number of ether oxygens (including phenoxy) is 2. The Morgan fingerprint density at radius 1 is 1.09 bits per heavy atom. The van der Waals surface area contributed by atoms with Crippen molar-refractivity contribution in [2.45, 2.75) is 37.2 Å². The Labute approximate surface area is 196 Å². The Morgan fingerprint density at radius 3 is 2.30 bits per heavy atom. The quantitative estimate of drug-likeness (QED) is 0.548. The zero-order valence-corrected chi connectivity index (χ0v) is 20.2. The summed E-state index contributed by atoms with van der Waals surface area (Å²) in [6.45, 7) is 7.01. The molecule has 0 bridgehead atoms. The number of hydrogen-bond donors (Lipinski definition) is 2. The molecular weight excluding hydrogens is 442 g/mol. The second-order valence-electron chi connectivity index (χ2n) is 8.10. The van der Waals surface area contributed by atoms with Crippen LogP contribution in [0.4, 0.5) is 0 Å². The average Bonchev–Trinajstić information content (AvgIpc) is 2.84. The molecule has 8 nitrogen and oxygen atoms in total. The lowest BCUT2D eigenvalue weighted by molar-refractivity contribution is 0.0162. The number of carbonyl (C=O) groups excluding carboxylic acids is 1. The predicted octanol–water partition coefficient (Wildman–Crippen LogP) is 2.58. The first-order valence-corrected chi connectivity index (χ1v) is 12.7. The normalized spacial score (nSPS) is 16.7. The van der Waals surface area contributed by atoms with E-state index >= 15 is 0 Å². The Bertz CT molecular complexity index is 1000. The maximum atomic E-state index is 12.8. The molecule has 2 aromatic rings. The van der Waals surface area contributed by atoms with Crippen molar-refractivity contribution in [3.8, 4) is 5.75 Å². The zero-order valence-electron chi connectivity index (χ0n) is 19.4. The first kappa shape index (κ1) is 25.2. The van der Waals surface area contributed by atoms with Gasteiger partial charge in [-0.15, -0.1) is 0 Å². The molecule has 1 aliphatic rings. The Balaban J connectivity index is 1.69. The molecule has 2 atom stereocenters. The van der Waals surface area contributed by atoms with Crippen LogP contribution >= 0.6 is 0 Å². The molecule has 33 heavy (non-hydrogen) atoms. The number of methoxy groups -OCH3 is 1. The molecule has 0 radical (unpaired) electrons. The monoisotopic (exact) mass is 475 g/mol. The third-order valence-electron chi connectivity index (χ3n) is 5.84. The van der Waals surface area contributed by atoms with Crippen LogP contribution in [0, 0.1) is 0 Å². The van der Waals surface area contributed by atoms with Gasteiger partial charge in [0.1, 0.15) is 5.75 Å². The summed E-state index contributed by atoms with van der Waals surface area (Å²) in [6, 6.07) is 13.7. The SMILES string of the molecule is CCC(C)NS(=O)(=O)c1ccc(C(=O)NCC(c2ccc(OC)cc2)N2CCOCC2)cc1. The summed E-state index contributed by atoms with van der Waals surface area (Å²) >= 11 is 0. The van der Waals surface area contributed by atoms with Crippen molar-refractivity contribution in [3.05, 3.63) is 59.7 Å². The largest absolute Gasteiger partial charge is 0.497 e. The summed E-state index contributed by atoms with van der Waals surface area (Å²) < 4.78 is 38.2. The molecule has 1 saturated heterocycles. The fourth-order valence-corrected chi connectivity index (χ4v) is 4.99. The van der Waals surface area contributed by atoms with E-state index in [0.29, 0.717) is 31.7 Å². The highest BCUT2D eigenvalue weighted by molar-refractivity contribution is 7.89. The molecule has 9 heteroatoms. The standard InChI is InChI=1S/C24H33N3O5S/c1-4-18(2)26-33(29,30)22-11-7-20(8-12-22)24(28)25-17-23(27-13-15-32-16-14-27)19-5-9-21(31-3)10-6-19/h5-12,18,23,26H,4,13-17H2,1-3H3,(H,25,28). The van der Waals surface area contributed by atoms with Crippen LogP contribution in [-0.4, -0.2) is 65.2 Å². The maximum Gasteiger partial charge on any atom is 0.251 e. The van der Waals surface area contributed by atoms with Crippen molar-refractivity contribution < 1.29 is 22.7 Å². The fourth-order valence-electron chi connectivity index (χ4n) is 3.67. The molecule has 0 aromatic heterocycles. The van der Waals surface area contributed by atoms with Crippen LogP contribution in [0.3, 0.4) is 0 Å². The highest BCUT2D eigenvalue weighted by Gasteiger charge is 2.24. The molecule has 1 heterocycles. The van der Waals surface area contributed by atoms with Gasteiger partial charge in [-0.2, -0.15) is 0 Å². The van der Waals surface area contributed by atoms with Crippen LogP contribution in [0.2, 0.25) is 0 Å². The lowest BCUT2D eigenvalue weighted by Gasteiger charge is -2.35. The number of nitrogens with one attached hydrogen (secondary N) is 2. The van der Waals surface area contributed by atoms with E-state index in [1.807, 2.05) is 38.1 Å². The minimum atomic E-state index is -3.61. The van der Waals surface area contributed by atoms with Gasteiger partial charge in [-0.25, -0.2) is 13.1 Å². The van der Waals surface area contributed by atoms with E-state index in [-0.39, 0.29) is 22.9 Å². The van der Waals surface area contributed by atoms with Crippen LogP contribution in [0.15, 0.2) is 53.4 Å². The Kier molecular flexibility index (Phi) is 8.85. The summed E-state index contributed by atoms with van der Waals surface area (Å²) in [5.41, 5.74) is 1.49. The van der Waals surface area contributed by atoms with E-state index in [1.54, 1.807) is 7.11 Å². The highest BCUT2D eigenvalue weighted by atomic mass is 32.2. The summed E-state index contributed by atoms with van der Waals surface area (Å²) in [5, 5.41) is 3.01. The van der Waals surface area contributed by atoms with Crippen molar-refractivity contribution in [3.63, 3.8) is 0 Å². The lowest BCUT2D eigenvalue weighted by Crippen LogP contribution is -2.43. The number of benzene rings is 2. The van der Waals surface area contributed by atoms with Gasteiger partial charge in [-0.1, -0.05) is 19.1 Å². The summed E-state index contributed by atoms with van der Waals surface area (Å²) in [4.78, 5) is 15.2. The molecular formula is C24H33N3O5S. The zero-order chi connectivity index (χ0) is 23.8. The summed E-state index contributed by atoms with van der Waals surface area (Å²) in [6.07, 6.45) is 0.693. The third-order valence-corrected chi connectivity index (χ3v) is 7.44. The van der Waals surface area contributed by atoms with E-state index in [9.17, 15) is 13.2 Å².